The van der Waals surface area contributed by atoms with Crippen molar-refractivity contribution < 1.29 is 4.79 Å². The molecular formula is C25H39N3O. The highest BCUT2D eigenvalue weighted by atomic mass is 16.2. The van der Waals surface area contributed by atoms with Crippen LogP contribution in [0.2, 0.25) is 0 Å². The second kappa shape index (κ2) is 10.6. The Morgan fingerprint density at radius 3 is 2.31 bits per heavy atom. The number of hydrogen-bond acceptors (Lipinski definition) is 3. The van der Waals surface area contributed by atoms with Crippen LogP contribution in [-0.2, 0) is 11.3 Å². The molecule has 0 aromatic heterocycles. The maximum absolute atomic E-state index is 13.3. The molecule has 0 radical (unpaired) electrons. The lowest BCUT2D eigenvalue weighted by Crippen LogP contribution is -2.49. The Morgan fingerprint density at radius 1 is 0.793 bits per heavy atom. The van der Waals surface area contributed by atoms with Crippen LogP contribution in [0.15, 0.2) is 30.3 Å². The van der Waals surface area contributed by atoms with Gasteiger partial charge in [-0.15, -0.1) is 0 Å². The van der Waals surface area contributed by atoms with Crippen LogP contribution in [0, 0.1) is 11.8 Å². The third-order valence-corrected chi connectivity index (χ3v) is 7.15. The molecular weight excluding hydrogens is 358 g/mol. The summed E-state index contributed by atoms with van der Waals surface area (Å²) >= 11 is 0. The Kier molecular flexibility index (Phi) is 7.61. The zero-order valence-corrected chi connectivity index (χ0v) is 18.1. The highest BCUT2D eigenvalue weighted by Crippen LogP contribution is 2.25. The summed E-state index contributed by atoms with van der Waals surface area (Å²) in [5.41, 5.74) is 1.36. The fourth-order valence-corrected chi connectivity index (χ4v) is 5.60. The van der Waals surface area contributed by atoms with Gasteiger partial charge in [-0.3, -0.25) is 9.69 Å². The van der Waals surface area contributed by atoms with Crippen molar-refractivity contribution in [3.05, 3.63) is 35.9 Å². The average molecular weight is 398 g/mol. The first-order valence-electron chi connectivity index (χ1n) is 12.1. The monoisotopic (exact) mass is 397 g/mol. The Bertz CT molecular complexity index is 626. The maximum atomic E-state index is 13.3. The van der Waals surface area contributed by atoms with E-state index in [0.29, 0.717) is 11.8 Å². The highest BCUT2D eigenvalue weighted by molar-refractivity contribution is 5.79. The molecule has 0 aliphatic carbocycles. The smallest absolute Gasteiger partial charge is 0.226 e. The van der Waals surface area contributed by atoms with Gasteiger partial charge < -0.3 is 9.80 Å². The average Bonchev–Trinajstić information content (AvgIpc) is 3.03. The summed E-state index contributed by atoms with van der Waals surface area (Å²) in [6, 6.07) is 10.7. The van der Waals surface area contributed by atoms with Crippen LogP contribution >= 0.6 is 0 Å². The normalized spacial score (nSPS) is 27.5. The van der Waals surface area contributed by atoms with Crippen LogP contribution in [0.25, 0.3) is 0 Å². The highest BCUT2D eigenvalue weighted by Gasteiger charge is 2.32. The van der Waals surface area contributed by atoms with Crippen LogP contribution in [0.3, 0.4) is 0 Å². The molecule has 1 aromatic rings. The lowest BCUT2D eigenvalue weighted by Gasteiger charge is -2.39. The van der Waals surface area contributed by atoms with Gasteiger partial charge in [-0.05, 0) is 69.6 Å². The minimum atomic E-state index is 0.199. The van der Waals surface area contributed by atoms with Crippen molar-refractivity contribution in [3.8, 4) is 0 Å². The molecule has 3 heterocycles. The van der Waals surface area contributed by atoms with Gasteiger partial charge in [0, 0.05) is 32.7 Å². The molecule has 0 bridgehead atoms. The van der Waals surface area contributed by atoms with E-state index in [9.17, 15) is 4.79 Å². The van der Waals surface area contributed by atoms with E-state index in [4.69, 9.17) is 0 Å². The molecule has 2 unspecified atom stereocenters. The Hall–Kier alpha value is -1.39. The Morgan fingerprint density at radius 2 is 1.52 bits per heavy atom. The number of carbonyl (C=O) groups is 1. The molecule has 3 saturated heterocycles. The molecule has 0 saturated carbocycles. The lowest BCUT2D eigenvalue weighted by molar-refractivity contribution is -0.139. The van der Waals surface area contributed by atoms with Gasteiger partial charge in [0.15, 0.2) is 0 Å². The first-order valence-corrected chi connectivity index (χ1v) is 12.1. The number of likely N-dealkylation sites (tertiary alicyclic amines) is 3. The first-order chi connectivity index (χ1) is 14.3. The van der Waals surface area contributed by atoms with E-state index in [1.54, 1.807) is 0 Å². The molecule has 29 heavy (non-hydrogen) atoms. The maximum Gasteiger partial charge on any atom is 0.226 e. The second-order valence-electron chi connectivity index (χ2n) is 9.57. The van der Waals surface area contributed by atoms with Crippen molar-refractivity contribution in [2.24, 2.45) is 11.8 Å². The van der Waals surface area contributed by atoms with Crippen molar-refractivity contribution >= 4 is 5.91 Å². The third-order valence-electron chi connectivity index (χ3n) is 7.15. The van der Waals surface area contributed by atoms with E-state index in [2.05, 4.69) is 45.0 Å². The molecule has 0 N–H and O–H groups in total. The van der Waals surface area contributed by atoms with Crippen LogP contribution in [0.1, 0.15) is 56.9 Å². The van der Waals surface area contributed by atoms with Crippen LogP contribution in [0.4, 0.5) is 0 Å². The Labute approximate surface area is 177 Å². The van der Waals surface area contributed by atoms with E-state index in [-0.39, 0.29) is 5.92 Å². The van der Waals surface area contributed by atoms with Gasteiger partial charge in [0.2, 0.25) is 5.91 Å². The third kappa shape index (κ3) is 6.05. The van der Waals surface area contributed by atoms with E-state index in [1.807, 2.05) is 0 Å². The molecule has 1 aromatic carbocycles. The summed E-state index contributed by atoms with van der Waals surface area (Å²) < 4.78 is 0. The van der Waals surface area contributed by atoms with E-state index >= 15 is 0 Å². The van der Waals surface area contributed by atoms with Gasteiger partial charge in [0.1, 0.15) is 0 Å². The predicted molar refractivity (Wildman–Crippen MR) is 119 cm³/mol. The molecule has 4 rings (SSSR count). The van der Waals surface area contributed by atoms with Crippen molar-refractivity contribution in [2.45, 2.75) is 57.9 Å². The standard InChI is InChI=1S/C25H39N3O/c29-25(24-13-9-16-27(21-24)18-22-10-4-3-5-11-22)28-17-8-12-23(20-28)19-26-14-6-1-2-7-15-26/h3-5,10-11,23-24H,1-2,6-9,12-21H2. The van der Waals surface area contributed by atoms with Gasteiger partial charge in [0.05, 0.1) is 5.92 Å². The molecule has 1 amide bonds. The molecule has 4 nitrogen and oxygen atoms in total. The minimum Gasteiger partial charge on any atom is -0.342 e. The lowest BCUT2D eigenvalue weighted by atomic mass is 9.92. The molecule has 3 aliphatic heterocycles. The van der Waals surface area contributed by atoms with Crippen LogP contribution < -0.4 is 0 Å². The SMILES string of the molecule is O=C(C1CCCN(Cc2ccccc2)C1)N1CCCC(CN2CCCCCC2)C1. The summed E-state index contributed by atoms with van der Waals surface area (Å²) in [4.78, 5) is 20.7. The first kappa shape index (κ1) is 20.9. The summed E-state index contributed by atoms with van der Waals surface area (Å²) in [5.74, 6) is 1.31. The van der Waals surface area contributed by atoms with Gasteiger partial charge in [0.25, 0.3) is 0 Å². The van der Waals surface area contributed by atoms with Crippen LogP contribution in [0.5, 0.6) is 0 Å². The van der Waals surface area contributed by atoms with Gasteiger partial charge in [-0.1, -0.05) is 43.2 Å². The summed E-state index contributed by atoms with van der Waals surface area (Å²) in [7, 11) is 0. The van der Waals surface area contributed by atoms with Gasteiger partial charge in [-0.25, -0.2) is 0 Å². The quantitative estimate of drug-likeness (QED) is 0.751. The molecule has 3 fully saturated rings. The molecule has 2 atom stereocenters. The summed E-state index contributed by atoms with van der Waals surface area (Å²) in [6.45, 7) is 8.73. The van der Waals surface area contributed by atoms with Crippen molar-refractivity contribution in [1.82, 2.24) is 14.7 Å². The van der Waals surface area contributed by atoms with Crippen LogP contribution in [-0.4, -0.2) is 66.4 Å². The fraction of sp³-hybridized carbons (Fsp3) is 0.720. The van der Waals surface area contributed by atoms with Crippen molar-refractivity contribution in [1.29, 1.82) is 0 Å². The number of carbonyl (C=O) groups excluding carboxylic acids is 1. The number of rotatable bonds is 5. The number of benzene rings is 1. The predicted octanol–water partition coefficient (Wildman–Crippen LogP) is 4.01. The molecule has 160 valence electrons. The zero-order valence-electron chi connectivity index (χ0n) is 18.1. The topological polar surface area (TPSA) is 26.8 Å². The molecule has 3 aliphatic rings. The van der Waals surface area contributed by atoms with Gasteiger partial charge in [-0.2, -0.15) is 0 Å². The van der Waals surface area contributed by atoms with Crippen molar-refractivity contribution in [2.75, 3.05) is 45.8 Å². The second-order valence-corrected chi connectivity index (χ2v) is 9.57. The van der Waals surface area contributed by atoms with E-state index in [0.717, 1.165) is 45.6 Å². The largest absolute Gasteiger partial charge is 0.342 e. The van der Waals surface area contributed by atoms with Crippen molar-refractivity contribution in [3.63, 3.8) is 0 Å². The van der Waals surface area contributed by atoms with E-state index < -0.39 is 0 Å². The van der Waals surface area contributed by atoms with E-state index in [1.165, 1.54) is 63.7 Å². The fourth-order valence-electron chi connectivity index (χ4n) is 5.60. The summed E-state index contributed by atoms with van der Waals surface area (Å²) in [6.07, 6.45) is 10.2. The number of piperidine rings is 2. The molecule has 0 spiro atoms. The number of hydrogen-bond donors (Lipinski definition) is 0. The minimum absolute atomic E-state index is 0.199. The Balaban J connectivity index is 1.28. The van der Waals surface area contributed by atoms with Gasteiger partial charge >= 0.3 is 0 Å². The summed E-state index contributed by atoms with van der Waals surface area (Å²) in [5, 5.41) is 0. The zero-order chi connectivity index (χ0) is 19.9. The number of amides is 1. The molecule has 4 heteroatoms. The number of nitrogens with zero attached hydrogens (tertiary/aromatic N) is 3.